The number of pyridine rings is 1. The van der Waals surface area contributed by atoms with Crippen molar-refractivity contribution in [1.82, 2.24) is 14.8 Å². The lowest BCUT2D eigenvalue weighted by atomic mass is 10.1. The minimum absolute atomic E-state index is 0.0795. The molecule has 2 amide bonds. The van der Waals surface area contributed by atoms with Gasteiger partial charge in [0.2, 0.25) is 5.91 Å². The Morgan fingerprint density at radius 3 is 2.33 bits per heavy atom. The fourth-order valence-electron chi connectivity index (χ4n) is 3.70. The molecule has 1 aliphatic rings. The number of hydrogen-bond donors (Lipinski definition) is 1. The highest BCUT2D eigenvalue weighted by Gasteiger charge is 2.31. The molecular weight excluding hydrogens is 435 g/mol. The summed E-state index contributed by atoms with van der Waals surface area (Å²) < 4.78 is 38.1. The predicted molar refractivity (Wildman–Crippen MR) is 120 cm³/mol. The molecule has 33 heavy (non-hydrogen) atoms. The van der Waals surface area contributed by atoms with Crippen molar-refractivity contribution in [1.29, 1.82) is 0 Å². The van der Waals surface area contributed by atoms with Gasteiger partial charge in [0, 0.05) is 56.7 Å². The Kier molecular flexibility index (Phi) is 7.91. The summed E-state index contributed by atoms with van der Waals surface area (Å²) in [5, 5.41) is 2.84. The number of nitrogens with zero attached hydrogens (tertiary/aromatic N) is 4. The molecule has 3 rings (SSSR count). The average Bonchev–Trinajstić information content (AvgIpc) is 2.80. The van der Waals surface area contributed by atoms with Gasteiger partial charge in [-0.2, -0.15) is 13.2 Å². The number of carbonyl (C=O) groups is 2. The number of anilines is 2. The van der Waals surface area contributed by atoms with Gasteiger partial charge in [-0.3, -0.25) is 14.5 Å². The smallest absolute Gasteiger partial charge is 0.354 e. The molecule has 1 N–H and O–H groups in total. The fourth-order valence-corrected chi connectivity index (χ4v) is 3.70. The standard InChI is InChI=1S/C23H28F3N5O2/c1-3-30(4-2)22(33)17-6-5-7-19(14-17)28-21(32)16-29-10-12-31(13-11-29)20-9-8-18(15-27-20)23(24,25)26/h5-9,14-15H,3-4,10-13,16H2,1-2H3,(H,28,32). The summed E-state index contributed by atoms with van der Waals surface area (Å²) in [4.78, 5) is 34.5. The molecule has 0 bridgehead atoms. The van der Waals surface area contributed by atoms with Crippen LogP contribution in [0.3, 0.4) is 0 Å². The molecule has 0 atom stereocenters. The zero-order valence-corrected chi connectivity index (χ0v) is 18.7. The third-order valence-corrected chi connectivity index (χ3v) is 5.58. The average molecular weight is 464 g/mol. The summed E-state index contributed by atoms with van der Waals surface area (Å²) in [5.41, 5.74) is 0.309. The van der Waals surface area contributed by atoms with E-state index in [0.717, 1.165) is 12.3 Å². The van der Waals surface area contributed by atoms with Crippen LogP contribution < -0.4 is 10.2 Å². The molecule has 1 aromatic heterocycles. The maximum absolute atomic E-state index is 12.7. The minimum atomic E-state index is -4.41. The number of alkyl halides is 3. The Morgan fingerprint density at radius 2 is 1.76 bits per heavy atom. The second kappa shape index (κ2) is 10.7. The number of piperazine rings is 1. The Balaban J connectivity index is 1.51. The fraction of sp³-hybridized carbons (Fsp3) is 0.435. The summed E-state index contributed by atoms with van der Waals surface area (Å²) in [5.74, 6) is 0.217. The van der Waals surface area contributed by atoms with Gasteiger partial charge in [0.15, 0.2) is 0 Å². The molecule has 0 saturated carbocycles. The summed E-state index contributed by atoms with van der Waals surface area (Å²) in [7, 11) is 0. The van der Waals surface area contributed by atoms with Crippen LogP contribution in [-0.2, 0) is 11.0 Å². The third kappa shape index (κ3) is 6.44. The van der Waals surface area contributed by atoms with Crippen LogP contribution in [0.15, 0.2) is 42.6 Å². The van der Waals surface area contributed by atoms with E-state index in [1.165, 1.54) is 6.07 Å². The SMILES string of the molecule is CCN(CC)C(=O)c1cccc(NC(=O)CN2CCN(c3ccc(C(F)(F)F)cn3)CC2)c1. The monoisotopic (exact) mass is 463 g/mol. The molecule has 1 saturated heterocycles. The Labute approximate surface area is 191 Å². The molecule has 178 valence electrons. The Bertz CT molecular complexity index is 953. The van der Waals surface area contributed by atoms with Crippen molar-refractivity contribution >= 4 is 23.3 Å². The van der Waals surface area contributed by atoms with Gasteiger partial charge < -0.3 is 15.1 Å². The van der Waals surface area contributed by atoms with Gasteiger partial charge >= 0.3 is 6.18 Å². The molecule has 2 aromatic rings. The second-order valence-corrected chi connectivity index (χ2v) is 7.77. The van der Waals surface area contributed by atoms with Crippen LogP contribution in [0.1, 0.15) is 29.8 Å². The number of benzene rings is 1. The number of rotatable bonds is 7. The van der Waals surface area contributed by atoms with Crippen molar-refractivity contribution in [2.75, 3.05) is 56.0 Å². The van der Waals surface area contributed by atoms with E-state index < -0.39 is 11.7 Å². The molecule has 1 aliphatic heterocycles. The normalized spacial score (nSPS) is 14.8. The van der Waals surface area contributed by atoms with Gasteiger partial charge in [-0.1, -0.05) is 6.07 Å². The quantitative estimate of drug-likeness (QED) is 0.682. The first-order valence-electron chi connectivity index (χ1n) is 10.9. The van der Waals surface area contributed by atoms with E-state index in [4.69, 9.17) is 0 Å². The van der Waals surface area contributed by atoms with Gasteiger partial charge in [-0.05, 0) is 44.2 Å². The van der Waals surface area contributed by atoms with Crippen molar-refractivity contribution in [3.8, 4) is 0 Å². The van der Waals surface area contributed by atoms with Crippen LogP contribution in [0.5, 0.6) is 0 Å². The van der Waals surface area contributed by atoms with Crippen molar-refractivity contribution in [2.45, 2.75) is 20.0 Å². The Morgan fingerprint density at radius 1 is 1.06 bits per heavy atom. The van der Waals surface area contributed by atoms with Gasteiger partial charge in [-0.15, -0.1) is 0 Å². The summed E-state index contributed by atoms with van der Waals surface area (Å²) in [6.07, 6.45) is -3.57. The molecule has 0 spiro atoms. The lowest BCUT2D eigenvalue weighted by Crippen LogP contribution is -2.48. The highest BCUT2D eigenvalue weighted by atomic mass is 19.4. The molecule has 0 radical (unpaired) electrons. The molecule has 1 fully saturated rings. The number of amides is 2. The number of carbonyl (C=O) groups excluding carboxylic acids is 2. The topological polar surface area (TPSA) is 68.8 Å². The van der Waals surface area contributed by atoms with E-state index in [0.29, 0.717) is 56.3 Å². The second-order valence-electron chi connectivity index (χ2n) is 7.77. The molecule has 10 heteroatoms. The van der Waals surface area contributed by atoms with Crippen LogP contribution in [0.2, 0.25) is 0 Å². The Hall–Kier alpha value is -3.14. The van der Waals surface area contributed by atoms with E-state index in [1.807, 2.05) is 23.6 Å². The first-order chi connectivity index (χ1) is 15.7. The number of aromatic nitrogens is 1. The van der Waals surface area contributed by atoms with Crippen molar-refractivity contribution in [3.63, 3.8) is 0 Å². The first kappa shape index (κ1) is 24.5. The van der Waals surface area contributed by atoms with Crippen LogP contribution in [0.4, 0.5) is 24.7 Å². The first-order valence-corrected chi connectivity index (χ1v) is 10.9. The number of nitrogens with one attached hydrogen (secondary N) is 1. The predicted octanol–water partition coefficient (Wildman–Crippen LogP) is 3.34. The number of hydrogen-bond acceptors (Lipinski definition) is 5. The van der Waals surface area contributed by atoms with Crippen molar-refractivity contribution < 1.29 is 22.8 Å². The lowest BCUT2D eigenvalue weighted by Gasteiger charge is -2.35. The minimum Gasteiger partial charge on any atom is -0.354 e. The maximum Gasteiger partial charge on any atom is 0.417 e. The van der Waals surface area contributed by atoms with Gasteiger partial charge in [0.1, 0.15) is 5.82 Å². The molecule has 0 unspecified atom stereocenters. The zero-order chi connectivity index (χ0) is 24.0. The van der Waals surface area contributed by atoms with E-state index in [-0.39, 0.29) is 18.4 Å². The lowest BCUT2D eigenvalue weighted by molar-refractivity contribution is -0.137. The molecule has 1 aromatic carbocycles. The highest BCUT2D eigenvalue weighted by Crippen LogP contribution is 2.29. The van der Waals surface area contributed by atoms with E-state index in [1.54, 1.807) is 29.2 Å². The number of halogens is 3. The maximum atomic E-state index is 12.7. The van der Waals surface area contributed by atoms with E-state index >= 15 is 0 Å². The van der Waals surface area contributed by atoms with Crippen LogP contribution in [0, 0.1) is 0 Å². The molecule has 7 nitrogen and oxygen atoms in total. The molecule has 2 heterocycles. The molecule has 0 aliphatic carbocycles. The molecular formula is C23H28F3N5O2. The third-order valence-electron chi connectivity index (χ3n) is 5.58. The van der Waals surface area contributed by atoms with Crippen LogP contribution in [0.25, 0.3) is 0 Å². The van der Waals surface area contributed by atoms with E-state index in [9.17, 15) is 22.8 Å². The highest BCUT2D eigenvalue weighted by molar-refractivity contribution is 5.97. The largest absolute Gasteiger partial charge is 0.417 e. The summed E-state index contributed by atoms with van der Waals surface area (Å²) in [6, 6.07) is 9.28. The van der Waals surface area contributed by atoms with E-state index in [2.05, 4.69) is 10.3 Å². The summed E-state index contributed by atoms with van der Waals surface area (Å²) >= 11 is 0. The van der Waals surface area contributed by atoms with Crippen molar-refractivity contribution in [2.24, 2.45) is 0 Å². The zero-order valence-electron chi connectivity index (χ0n) is 18.7. The van der Waals surface area contributed by atoms with Crippen molar-refractivity contribution in [3.05, 3.63) is 53.7 Å². The van der Waals surface area contributed by atoms with Gasteiger partial charge in [0.25, 0.3) is 5.91 Å². The van der Waals surface area contributed by atoms with Gasteiger partial charge in [0.05, 0.1) is 12.1 Å². The summed E-state index contributed by atoms with van der Waals surface area (Å²) in [6.45, 7) is 7.51. The van der Waals surface area contributed by atoms with Gasteiger partial charge in [-0.25, -0.2) is 4.98 Å². The van der Waals surface area contributed by atoms with Crippen LogP contribution in [-0.4, -0.2) is 72.4 Å². The van der Waals surface area contributed by atoms with Crippen LogP contribution >= 0.6 is 0 Å².